The second kappa shape index (κ2) is 12.6. The minimum Gasteiger partial charge on any atom is -0.467 e. The van der Waals surface area contributed by atoms with Gasteiger partial charge in [-0.1, -0.05) is 30.3 Å². The lowest BCUT2D eigenvalue weighted by atomic mass is 9.88. The summed E-state index contributed by atoms with van der Waals surface area (Å²) in [6.07, 6.45) is 2.92. The topological polar surface area (TPSA) is 148 Å². The third-order valence-electron chi connectivity index (χ3n) is 6.71. The first-order valence-corrected chi connectivity index (χ1v) is 14.4. The molecule has 0 saturated carbocycles. The van der Waals surface area contributed by atoms with Crippen LogP contribution < -0.4 is 10.6 Å². The van der Waals surface area contributed by atoms with E-state index in [2.05, 4.69) is 10.6 Å². The number of nitrogens with zero attached hydrogens (tertiary/aromatic N) is 1. The molecule has 2 saturated heterocycles. The molecule has 204 valence electrons. The molecule has 3 atom stereocenters. The van der Waals surface area contributed by atoms with Crippen molar-refractivity contribution in [1.29, 1.82) is 0 Å². The van der Waals surface area contributed by atoms with Crippen LogP contribution in [0, 0.1) is 0 Å². The number of sulfone groups is 1. The van der Waals surface area contributed by atoms with Crippen LogP contribution in [0.5, 0.6) is 0 Å². The number of esters is 1. The highest BCUT2D eigenvalue weighted by Crippen LogP contribution is 2.26. The van der Waals surface area contributed by atoms with Crippen LogP contribution in [0.15, 0.2) is 30.3 Å². The summed E-state index contributed by atoms with van der Waals surface area (Å²) in [7, 11) is -2.31. The Hall–Kier alpha value is -2.83. The van der Waals surface area contributed by atoms with Crippen LogP contribution in [0.2, 0.25) is 0 Å². The molecule has 11 nitrogen and oxygen atoms in total. The van der Waals surface area contributed by atoms with Gasteiger partial charge < -0.3 is 15.4 Å². The zero-order valence-corrected chi connectivity index (χ0v) is 22.1. The number of hydrogen-bond donors (Lipinski definition) is 2. The number of ether oxygens (including phenoxy) is 1. The Morgan fingerprint density at radius 2 is 1.95 bits per heavy atom. The maximum atomic E-state index is 13.4. The van der Waals surface area contributed by atoms with E-state index in [1.165, 1.54) is 0 Å². The Morgan fingerprint density at radius 3 is 2.51 bits per heavy atom. The molecule has 2 amide bonds. The summed E-state index contributed by atoms with van der Waals surface area (Å²) >= 11 is 0. The van der Waals surface area contributed by atoms with Gasteiger partial charge in [-0.2, -0.15) is 0 Å². The molecule has 0 spiro atoms. The summed E-state index contributed by atoms with van der Waals surface area (Å²) in [4.78, 5) is 57.1. The number of Topliss-reactive ketones (excluding diaryl/α,β-unsaturated/α-hetero) is 1. The molecule has 2 aliphatic rings. The number of carbonyl (C=O) groups is 4. The average molecular weight is 538 g/mol. The van der Waals surface area contributed by atoms with Crippen molar-refractivity contribution in [1.82, 2.24) is 15.7 Å². The summed E-state index contributed by atoms with van der Waals surface area (Å²) in [5.41, 5.74) is -0.250. The molecule has 37 heavy (non-hydrogen) atoms. The largest absolute Gasteiger partial charge is 0.467 e. The summed E-state index contributed by atoms with van der Waals surface area (Å²) in [6.45, 7) is 0.286. The van der Waals surface area contributed by atoms with Crippen LogP contribution in [0.1, 0.15) is 44.1 Å². The molecule has 0 aliphatic carbocycles. The lowest BCUT2D eigenvalue weighted by Crippen LogP contribution is -2.59. The molecule has 0 aromatic heterocycles. The first kappa shape index (κ1) is 28.7. The number of aryl methyl sites for hydroxylation is 1. The summed E-state index contributed by atoms with van der Waals surface area (Å²) < 4.78 is 28.6. The van der Waals surface area contributed by atoms with E-state index in [1.54, 1.807) is 0 Å². The van der Waals surface area contributed by atoms with Crippen molar-refractivity contribution in [2.45, 2.75) is 62.6 Å². The first-order chi connectivity index (χ1) is 17.5. The molecule has 2 fully saturated rings. The highest BCUT2D eigenvalue weighted by atomic mass is 32.2. The standard InChI is InChI=1S/C25H35N3O8S/c1-35-24(32)20(13-16-37(2,33)34)28(22(30)12-9-18-7-4-3-5-8-18)36-17-25(14-6-15-26-25)23(31)19-10-11-21(29)27-19/h3-5,7-8,19-20,26H,6,9-17H2,1-2H3,(H,27,29)/t19-,20-,25-/m0/s1. The van der Waals surface area contributed by atoms with Crippen LogP contribution in [0.25, 0.3) is 0 Å². The number of ketones is 1. The Balaban J connectivity index is 1.83. The summed E-state index contributed by atoms with van der Waals surface area (Å²) in [5.74, 6) is -2.16. The molecule has 12 heteroatoms. The molecular weight excluding hydrogens is 502 g/mol. The Bertz CT molecular complexity index is 1090. The predicted octanol–water partition coefficient (Wildman–Crippen LogP) is 0.326. The van der Waals surface area contributed by atoms with Crippen LogP contribution in [0.4, 0.5) is 0 Å². The van der Waals surface area contributed by atoms with E-state index in [4.69, 9.17) is 9.57 Å². The zero-order chi connectivity index (χ0) is 27.1. The molecule has 1 aromatic rings. The van der Waals surface area contributed by atoms with E-state index in [0.717, 1.165) is 24.0 Å². The Morgan fingerprint density at radius 1 is 1.22 bits per heavy atom. The van der Waals surface area contributed by atoms with Crippen molar-refractivity contribution in [2.75, 3.05) is 32.3 Å². The molecule has 2 N–H and O–H groups in total. The molecule has 0 radical (unpaired) electrons. The highest BCUT2D eigenvalue weighted by Gasteiger charge is 2.47. The van der Waals surface area contributed by atoms with Gasteiger partial charge in [0, 0.05) is 19.1 Å². The summed E-state index contributed by atoms with van der Waals surface area (Å²) in [6, 6.07) is 7.31. The van der Waals surface area contributed by atoms with Gasteiger partial charge in [-0.3, -0.25) is 19.2 Å². The van der Waals surface area contributed by atoms with Gasteiger partial charge in [0.15, 0.2) is 11.8 Å². The lowest BCUT2D eigenvalue weighted by Gasteiger charge is -2.35. The lowest BCUT2D eigenvalue weighted by molar-refractivity contribution is -0.214. The van der Waals surface area contributed by atoms with Crippen molar-refractivity contribution in [3.05, 3.63) is 35.9 Å². The number of benzene rings is 1. The second-order valence-electron chi connectivity index (χ2n) is 9.57. The summed E-state index contributed by atoms with van der Waals surface area (Å²) in [5, 5.41) is 6.74. The van der Waals surface area contributed by atoms with Gasteiger partial charge in [-0.05, 0) is 44.2 Å². The van der Waals surface area contributed by atoms with Gasteiger partial charge >= 0.3 is 5.97 Å². The fourth-order valence-electron chi connectivity index (χ4n) is 4.67. The zero-order valence-electron chi connectivity index (χ0n) is 21.2. The van der Waals surface area contributed by atoms with Crippen molar-refractivity contribution in [2.24, 2.45) is 0 Å². The predicted molar refractivity (Wildman–Crippen MR) is 134 cm³/mol. The molecule has 3 rings (SSSR count). The molecule has 0 unspecified atom stereocenters. The number of methoxy groups -OCH3 is 1. The number of rotatable bonds is 13. The number of nitrogens with one attached hydrogen (secondary N) is 2. The molecule has 2 heterocycles. The number of amides is 2. The minimum absolute atomic E-state index is 0.0105. The molecule has 1 aromatic carbocycles. The first-order valence-electron chi connectivity index (χ1n) is 12.4. The monoisotopic (exact) mass is 537 g/mol. The van der Waals surface area contributed by atoms with Crippen molar-refractivity contribution in [3.63, 3.8) is 0 Å². The number of carbonyl (C=O) groups excluding carboxylic acids is 4. The van der Waals surface area contributed by atoms with E-state index < -0.39 is 39.3 Å². The second-order valence-corrected chi connectivity index (χ2v) is 11.8. The van der Waals surface area contributed by atoms with Crippen molar-refractivity contribution < 1.29 is 37.2 Å². The highest BCUT2D eigenvalue weighted by molar-refractivity contribution is 7.90. The Labute approximate surface area is 217 Å². The van der Waals surface area contributed by atoms with E-state index in [9.17, 15) is 27.6 Å². The maximum Gasteiger partial charge on any atom is 0.331 e. The quantitative estimate of drug-likeness (QED) is 0.268. The number of hydroxylamine groups is 2. The van der Waals surface area contributed by atoms with Crippen LogP contribution >= 0.6 is 0 Å². The van der Waals surface area contributed by atoms with E-state index in [1.807, 2.05) is 30.3 Å². The normalized spacial score (nSPS) is 22.3. The smallest absolute Gasteiger partial charge is 0.331 e. The number of hydrogen-bond acceptors (Lipinski definition) is 9. The maximum absolute atomic E-state index is 13.4. The molecule has 0 bridgehead atoms. The van der Waals surface area contributed by atoms with Gasteiger partial charge in [0.1, 0.15) is 22.0 Å². The molecular formula is C25H35N3O8S. The van der Waals surface area contributed by atoms with Crippen LogP contribution in [-0.2, 0) is 45.0 Å². The third-order valence-corrected chi connectivity index (χ3v) is 7.69. The third kappa shape index (κ3) is 7.83. The Kier molecular flexibility index (Phi) is 9.80. The minimum atomic E-state index is -3.46. The van der Waals surface area contributed by atoms with Crippen LogP contribution in [0.3, 0.4) is 0 Å². The SMILES string of the molecule is COC(=O)[C@H](CCS(C)(=O)=O)N(OC[C@]1(C(=O)[C@@H]2CCC(=O)N2)CCCN1)C(=O)CCc1ccccc1. The fraction of sp³-hybridized carbons (Fsp3) is 0.600. The molecule has 2 aliphatic heterocycles. The van der Waals surface area contributed by atoms with Gasteiger partial charge in [0.05, 0.1) is 18.9 Å². The van der Waals surface area contributed by atoms with Gasteiger partial charge in [-0.25, -0.2) is 18.3 Å². The van der Waals surface area contributed by atoms with E-state index >= 15 is 0 Å². The van der Waals surface area contributed by atoms with Crippen LogP contribution in [-0.4, -0.2) is 86.9 Å². The van der Waals surface area contributed by atoms with Gasteiger partial charge in [-0.15, -0.1) is 0 Å². The van der Waals surface area contributed by atoms with Gasteiger partial charge in [0.25, 0.3) is 0 Å². The van der Waals surface area contributed by atoms with Crippen molar-refractivity contribution in [3.8, 4) is 0 Å². The van der Waals surface area contributed by atoms with E-state index in [0.29, 0.717) is 32.2 Å². The average Bonchev–Trinajstić information content (AvgIpc) is 3.53. The van der Waals surface area contributed by atoms with E-state index in [-0.39, 0.29) is 43.3 Å². The fourth-order valence-corrected chi connectivity index (χ4v) is 5.32. The van der Waals surface area contributed by atoms with Gasteiger partial charge in [0.2, 0.25) is 11.8 Å². The van der Waals surface area contributed by atoms with Crippen molar-refractivity contribution >= 4 is 33.4 Å².